The highest BCUT2D eigenvalue weighted by Gasteiger charge is 2.09. The van der Waals surface area contributed by atoms with E-state index in [0.29, 0.717) is 33.5 Å². The summed E-state index contributed by atoms with van der Waals surface area (Å²) in [5.41, 5.74) is 2.46. The van der Waals surface area contributed by atoms with Gasteiger partial charge in [0, 0.05) is 5.02 Å². The van der Waals surface area contributed by atoms with Gasteiger partial charge in [-0.25, -0.2) is 4.39 Å². The molecule has 0 saturated heterocycles. The van der Waals surface area contributed by atoms with Gasteiger partial charge in [0.25, 0.3) is 0 Å². The summed E-state index contributed by atoms with van der Waals surface area (Å²) in [6.07, 6.45) is 0.460. The molecule has 0 unspecified atom stereocenters. The normalized spacial score (nSPS) is 10.6. The van der Waals surface area contributed by atoms with Crippen LogP contribution in [0.25, 0.3) is 0 Å². The molecule has 0 atom stereocenters. The minimum Gasteiger partial charge on any atom is -0.481 e. The first-order chi connectivity index (χ1) is 12.9. The average Bonchev–Trinajstić information content (AvgIpc) is 2.58. The molecule has 0 spiro atoms. The van der Waals surface area contributed by atoms with Crippen LogP contribution in [-0.2, 0) is 17.6 Å². The van der Waals surface area contributed by atoms with E-state index in [-0.39, 0.29) is 12.2 Å². The van der Waals surface area contributed by atoms with Crippen LogP contribution in [-0.4, -0.2) is 11.1 Å². The molecule has 0 aliphatic rings. The van der Waals surface area contributed by atoms with Crippen LogP contribution in [0.4, 0.5) is 4.39 Å². The smallest absolute Gasteiger partial charge is 0.307 e. The van der Waals surface area contributed by atoms with E-state index in [0.717, 1.165) is 11.1 Å². The summed E-state index contributed by atoms with van der Waals surface area (Å²) in [6, 6.07) is 16.5. The van der Waals surface area contributed by atoms with Crippen LogP contribution in [0.1, 0.15) is 16.7 Å². The van der Waals surface area contributed by atoms with Crippen molar-refractivity contribution in [3.05, 3.63) is 93.2 Å². The molecular weight excluding hydrogens is 390 g/mol. The summed E-state index contributed by atoms with van der Waals surface area (Å²) in [5.74, 6) is -0.384. The molecule has 3 aromatic carbocycles. The highest BCUT2D eigenvalue weighted by molar-refractivity contribution is 6.32. The number of carboxylic acid groups (broad SMARTS) is 1. The van der Waals surface area contributed by atoms with Crippen molar-refractivity contribution in [2.45, 2.75) is 12.8 Å². The average molecular weight is 405 g/mol. The van der Waals surface area contributed by atoms with Crippen LogP contribution < -0.4 is 4.74 Å². The van der Waals surface area contributed by atoms with Gasteiger partial charge in [0.15, 0.2) is 0 Å². The van der Waals surface area contributed by atoms with Gasteiger partial charge in [0.2, 0.25) is 0 Å². The molecule has 138 valence electrons. The molecule has 1 N–H and O–H groups in total. The number of carbonyl (C=O) groups is 1. The fourth-order valence-corrected chi connectivity index (χ4v) is 3.15. The van der Waals surface area contributed by atoms with Crippen LogP contribution in [0.2, 0.25) is 10.0 Å². The Morgan fingerprint density at radius 3 is 2.30 bits per heavy atom. The van der Waals surface area contributed by atoms with Gasteiger partial charge >= 0.3 is 5.97 Å². The zero-order valence-corrected chi connectivity index (χ0v) is 15.6. The van der Waals surface area contributed by atoms with Crippen LogP contribution in [0.3, 0.4) is 0 Å². The van der Waals surface area contributed by atoms with Crippen molar-refractivity contribution in [2.24, 2.45) is 0 Å². The predicted molar refractivity (Wildman–Crippen MR) is 104 cm³/mol. The Balaban J connectivity index is 1.77. The Labute approximate surface area is 165 Å². The van der Waals surface area contributed by atoms with E-state index in [1.807, 2.05) is 6.07 Å². The second kappa shape index (κ2) is 8.42. The van der Waals surface area contributed by atoms with E-state index in [1.165, 1.54) is 12.1 Å². The summed E-state index contributed by atoms with van der Waals surface area (Å²) >= 11 is 12.4. The molecule has 3 aromatic rings. The molecule has 3 nitrogen and oxygen atoms in total. The molecule has 27 heavy (non-hydrogen) atoms. The highest BCUT2D eigenvalue weighted by Crippen LogP contribution is 2.32. The number of benzene rings is 3. The number of hydrogen-bond acceptors (Lipinski definition) is 2. The van der Waals surface area contributed by atoms with Crippen molar-refractivity contribution >= 4 is 29.2 Å². The Bertz CT molecular complexity index is 972. The van der Waals surface area contributed by atoms with Gasteiger partial charge in [0.05, 0.1) is 11.4 Å². The standard InChI is InChI=1S/C21H15Cl2FO3/c22-16-8-15(11-21(25)26)9-18(12-16)27-20-6-3-14(10-19(20)23)7-13-1-4-17(24)5-2-13/h1-6,8-10,12H,7,11H2,(H,25,26). The van der Waals surface area contributed by atoms with Crippen molar-refractivity contribution in [2.75, 3.05) is 0 Å². The molecule has 0 aliphatic heterocycles. The van der Waals surface area contributed by atoms with Gasteiger partial charge in [-0.2, -0.15) is 0 Å². The van der Waals surface area contributed by atoms with E-state index in [2.05, 4.69) is 0 Å². The SMILES string of the molecule is O=C(O)Cc1cc(Cl)cc(Oc2ccc(Cc3ccc(F)cc3)cc2Cl)c1. The first-order valence-electron chi connectivity index (χ1n) is 8.11. The molecule has 3 rings (SSSR count). The lowest BCUT2D eigenvalue weighted by Gasteiger charge is -2.11. The van der Waals surface area contributed by atoms with Crippen molar-refractivity contribution in [3.8, 4) is 11.5 Å². The van der Waals surface area contributed by atoms with Gasteiger partial charge in [-0.1, -0.05) is 41.4 Å². The molecule has 0 saturated carbocycles. The number of halogens is 3. The maximum atomic E-state index is 13.0. The van der Waals surface area contributed by atoms with Crippen LogP contribution >= 0.6 is 23.2 Å². The first kappa shape index (κ1) is 19.2. The summed E-state index contributed by atoms with van der Waals surface area (Å²) in [7, 11) is 0. The van der Waals surface area contributed by atoms with Crippen molar-refractivity contribution in [1.82, 2.24) is 0 Å². The number of hydrogen-bond donors (Lipinski definition) is 1. The van der Waals surface area contributed by atoms with Gasteiger partial charge < -0.3 is 9.84 Å². The zero-order valence-electron chi connectivity index (χ0n) is 14.1. The predicted octanol–water partition coefficient (Wildman–Crippen LogP) is 6.14. The summed E-state index contributed by atoms with van der Waals surface area (Å²) in [6.45, 7) is 0. The number of aliphatic carboxylic acids is 1. The van der Waals surface area contributed by atoms with Crippen LogP contribution in [0.15, 0.2) is 60.7 Å². The summed E-state index contributed by atoms with van der Waals surface area (Å²) < 4.78 is 18.8. The Morgan fingerprint density at radius 2 is 1.63 bits per heavy atom. The lowest BCUT2D eigenvalue weighted by Crippen LogP contribution is -2.00. The molecule has 0 aromatic heterocycles. The monoisotopic (exact) mass is 404 g/mol. The zero-order chi connectivity index (χ0) is 19.4. The van der Waals surface area contributed by atoms with E-state index >= 15 is 0 Å². The molecule has 6 heteroatoms. The Hall–Kier alpha value is -2.56. The molecule has 0 aliphatic carbocycles. The highest BCUT2D eigenvalue weighted by atomic mass is 35.5. The van der Waals surface area contributed by atoms with E-state index in [1.54, 1.807) is 42.5 Å². The van der Waals surface area contributed by atoms with Crippen molar-refractivity contribution in [1.29, 1.82) is 0 Å². The van der Waals surface area contributed by atoms with Crippen LogP contribution in [0, 0.1) is 5.82 Å². The van der Waals surface area contributed by atoms with E-state index in [4.69, 9.17) is 33.0 Å². The summed E-state index contributed by atoms with van der Waals surface area (Å²) in [4.78, 5) is 10.9. The van der Waals surface area contributed by atoms with Crippen molar-refractivity contribution in [3.63, 3.8) is 0 Å². The van der Waals surface area contributed by atoms with Gasteiger partial charge in [0.1, 0.15) is 17.3 Å². The second-order valence-corrected chi connectivity index (χ2v) is 6.88. The molecule has 0 amide bonds. The van der Waals surface area contributed by atoms with Gasteiger partial charge in [-0.05, 0) is 65.6 Å². The lowest BCUT2D eigenvalue weighted by molar-refractivity contribution is -0.136. The van der Waals surface area contributed by atoms with Crippen LogP contribution in [0.5, 0.6) is 11.5 Å². The van der Waals surface area contributed by atoms with Gasteiger partial charge in [-0.3, -0.25) is 4.79 Å². The topological polar surface area (TPSA) is 46.5 Å². The molecule has 0 bridgehead atoms. The largest absolute Gasteiger partial charge is 0.481 e. The minimum absolute atomic E-state index is 0.152. The van der Waals surface area contributed by atoms with Gasteiger partial charge in [-0.15, -0.1) is 0 Å². The second-order valence-electron chi connectivity index (χ2n) is 6.04. The maximum Gasteiger partial charge on any atom is 0.307 e. The Kier molecular flexibility index (Phi) is 5.99. The lowest BCUT2D eigenvalue weighted by atomic mass is 10.0. The molecule has 0 heterocycles. The third-order valence-electron chi connectivity index (χ3n) is 3.83. The molecule has 0 fully saturated rings. The quantitative estimate of drug-likeness (QED) is 0.536. The number of ether oxygens (including phenoxy) is 1. The molecule has 0 radical (unpaired) electrons. The van der Waals surface area contributed by atoms with Crippen molar-refractivity contribution < 1.29 is 19.0 Å². The maximum absolute atomic E-state index is 13.0. The van der Waals surface area contributed by atoms with E-state index < -0.39 is 5.97 Å². The first-order valence-corrected chi connectivity index (χ1v) is 8.86. The fraction of sp³-hybridized carbons (Fsp3) is 0.0952. The number of carboxylic acids is 1. The number of rotatable bonds is 6. The third-order valence-corrected chi connectivity index (χ3v) is 4.35. The van der Waals surface area contributed by atoms with E-state index in [9.17, 15) is 9.18 Å². The third kappa shape index (κ3) is 5.46. The Morgan fingerprint density at radius 1 is 0.926 bits per heavy atom. The molecular formula is C21H15Cl2FO3. The summed E-state index contributed by atoms with van der Waals surface area (Å²) in [5, 5.41) is 9.72. The fourth-order valence-electron chi connectivity index (χ4n) is 2.66. The minimum atomic E-state index is -0.952.